The van der Waals surface area contributed by atoms with E-state index in [4.69, 9.17) is 0 Å². The topological polar surface area (TPSA) is 82.5 Å². The number of benzene rings is 2. The second-order valence-corrected chi connectivity index (χ2v) is 7.86. The highest BCUT2D eigenvalue weighted by Crippen LogP contribution is 2.19. The van der Waals surface area contributed by atoms with Crippen molar-refractivity contribution in [1.82, 2.24) is 15.0 Å². The maximum atomic E-state index is 12.4. The molecule has 0 saturated heterocycles. The average Bonchev–Trinajstić information content (AvgIpc) is 2.69. The van der Waals surface area contributed by atoms with Gasteiger partial charge in [0.15, 0.2) is 5.52 Å². The molecule has 0 bridgehead atoms. The molecule has 0 amide bonds. The molecule has 0 aliphatic carbocycles. The van der Waals surface area contributed by atoms with Crippen LogP contribution in [-0.4, -0.2) is 15.0 Å². The Labute approximate surface area is 168 Å². The predicted molar refractivity (Wildman–Crippen MR) is 114 cm³/mol. The van der Waals surface area contributed by atoms with E-state index in [-0.39, 0.29) is 5.52 Å². The summed E-state index contributed by atoms with van der Waals surface area (Å²) in [5.41, 5.74) is 5.09. The van der Waals surface area contributed by atoms with Crippen molar-refractivity contribution in [2.75, 3.05) is 0 Å². The van der Waals surface area contributed by atoms with Gasteiger partial charge in [-0.25, -0.2) is 14.3 Å². The molecule has 4 rings (SSSR count). The highest BCUT2D eigenvalue weighted by molar-refractivity contribution is 5.79. The van der Waals surface area contributed by atoms with Crippen LogP contribution < -0.4 is 15.8 Å². The molecule has 0 atom stereocenters. The summed E-state index contributed by atoms with van der Waals surface area (Å²) in [6.07, 6.45) is 1.79. The van der Waals surface area contributed by atoms with Crippen molar-refractivity contribution in [1.29, 1.82) is 0 Å². The van der Waals surface area contributed by atoms with Crippen LogP contribution in [0.3, 0.4) is 0 Å². The van der Waals surface area contributed by atoms with Gasteiger partial charge in [0.05, 0.1) is 6.54 Å². The Hall–Kier alpha value is -3.28. The molecule has 0 unspecified atom stereocenters. The number of H-pyrrole nitrogens is 2. The van der Waals surface area contributed by atoms with E-state index >= 15 is 0 Å². The second kappa shape index (κ2) is 7.62. The molecule has 2 aromatic heterocycles. The fraction of sp³-hybridized carbons (Fsp3) is 0.304. The molecule has 2 heterocycles. The van der Waals surface area contributed by atoms with Crippen LogP contribution in [0, 0.1) is 6.92 Å². The van der Waals surface area contributed by atoms with Gasteiger partial charge >= 0.3 is 11.3 Å². The van der Waals surface area contributed by atoms with Crippen LogP contribution >= 0.6 is 0 Å². The smallest absolute Gasteiger partial charge is 0.267 e. The maximum absolute atomic E-state index is 12.4. The summed E-state index contributed by atoms with van der Waals surface area (Å²) in [5, 5.41) is 0. The van der Waals surface area contributed by atoms with Crippen molar-refractivity contribution in [3.63, 3.8) is 0 Å². The first kappa shape index (κ1) is 19.1. The lowest BCUT2D eigenvalue weighted by molar-refractivity contribution is -0.648. The molecule has 29 heavy (non-hydrogen) atoms. The minimum Gasteiger partial charge on any atom is -0.267 e. The number of aryl methyl sites for hydroxylation is 3. The van der Waals surface area contributed by atoms with E-state index in [0.29, 0.717) is 18.1 Å². The van der Waals surface area contributed by atoms with Gasteiger partial charge < -0.3 is 0 Å². The molecule has 0 saturated carbocycles. The third-order valence-electron chi connectivity index (χ3n) is 5.33. The fourth-order valence-corrected chi connectivity index (χ4v) is 3.65. The second-order valence-electron chi connectivity index (χ2n) is 7.86. The van der Waals surface area contributed by atoms with Crippen LogP contribution in [-0.2, 0) is 13.0 Å². The summed E-state index contributed by atoms with van der Waals surface area (Å²) < 4.78 is 2.01. The van der Waals surface area contributed by atoms with Crippen LogP contribution in [0.15, 0.2) is 52.1 Å². The molecule has 0 aliphatic rings. The average molecular weight is 389 g/mol. The molecular formula is C23H25N4O2+. The summed E-state index contributed by atoms with van der Waals surface area (Å²) >= 11 is 0. The number of nitrogens with one attached hydrogen (secondary N) is 2. The zero-order valence-corrected chi connectivity index (χ0v) is 17.0. The Bertz CT molecular complexity index is 1300. The van der Waals surface area contributed by atoms with Gasteiger partial charge in [-0.3, -0.25) is 9.78 Å². The van der Waals surface area contributed by atoms with Gasteiger partial charge in [-0.1, -0.05) is 49.7 Å². The molecule has 6 heteroatoms. The van der Waals surface area contributed by atoms with E-state index in [2.05, 4.69) is 66.1 Å². The molecule has 0 aliphatic heterocycles. The van der Waals surface area contributed by atoms with Crippen molar-refractivity contribution >= 4 is 22.2 Å². The predicted octanol–water partition coefficient (Wildman–Crippen LogP) is 3.12. The largest absolute Gasteiger partial charge is 0.413 e. The molecule has 0 radical (unpaired) electrons. The summed E-state index contributed by atoms with van der Waals surface area (Å²) in [6.45, 7) is 7.00. The molecule has 4 aromatic rings. The SMILES string of the molecule is Cc1ccc(CCC[n+]2c3ccc(C(C)C)cc3nc3c(=O)[nH]c(=O)[nH]c32)cc1. The third kappa shape index (κ3) is 3.83. The Morgan fingerprint density at radius 3 is 2.52 bits per heavy atom. The quantitative estimate of drug-likeness (QED) is 0.406. The molecule has 0 fully saturated rings. The lowest BCUT2D eigenvalue weighted by Gasteiger charge is -2.10. The monoisotopic (exact) mass is 389 g/mol. The van der Waals surface area contributed by atoms with Crippen LogP contribution in [0.4, 0.5) is 0 Å². The Morgan fingerprint density at radius 1 is 1.03 bits per heavy atom. The van der Waals surface area contributed by atoms with Crippen LogP contribution in [0.5, 0.6) is 0 Å². The number of hydrogen-bond donors (Lipinski definition) is 2. The lowest BCUT2D eigenvalue weighted by Crippen LogP contribution is -2.40. The van der Waals surface area contributed by atoms with Crippen molar-refractivity contribution < 1.29 is 4.57 Å². The van der Waals surface area contributed by atoms with Crippen molar-refractivity contribution in [3.8, 4) is 0 Å². The van der Waals surface area contributed by atoms with Gasteiger partial charge in [0.2, 0.25) is 5.52 Å². The van der Waals surface area contributed by atoms with E-state index in [1.54, 1.807) is 0 Å². The third-order valence-corrected chi connectivity index (χ3v) is 5.33. The summed E-state index contributed by atoms with van der Waals surface area (Å²) in [5.74, 6) is 0.362. The molecule has 2 aromatic carbocycles. The van der Waals surface area contributed by atoms with E-state index in [1.807, 2.05) is 16.7 Å². The molecule has 0 spiro atoms. The summed E-state index contributed by atoms with van der Waals surface area (Å²) in [7, 11) is 0. The maximum Gasteiger partial charge on any atom is 0.413 e. The number of nitrogens with zero attached hydrogens (tertiary/aromatic N) is 2. The number of rotatable bonds is 5. The number of hydrogen-bond acceptors (Lipinski definition) is 3. The van der Waals surface area contributed by atoms with E-state index < -0.39 is 11.2 Å². The first-order valence-corrected chi connectivity index (χ1v) is 9.98. The van der Waals surface area contributed by atoms with Crippen LogP contribution in [0.25, 0.3) is 22.2 Å². The highest BCUT2D eigenvalue weighted by Gasteiger charge is 2.19. The fourth-order valence-electron chi connectivity index (χ4n) is 3.65. The molecule has 6 nitrogen and oxygen atoms in total. The Balaban J connectivity index is 1.80. The standard InChI is InChI=1S/C23H24N4O2/c1-14(2)17-10-11-19-18(13-17)24-20-21(25-23(29)26-22(20)28)27(19)12-4-5-16-8-6-15(3)7-9-16/h6-11,13-14H,4-5,12H2,1-3H3,(H,26,28,29)/p+1. The molecule has 148 valence electrons. The minimum absolute atomic E-state index is 0.258. The van der Waals surface area contributed by atoms with Gasteiger partial charge in [0.25, 0.3) is 5.56 Å². The van der Waals surface area contributed by atoms with Gasteiger partial charge in [-0.2, -0.15) is 4.98 Å². The lowest BCUT2D eigenvalue weighted by atomic mass is 10.0. The van der Waals surface area contributed by atoms with Crippen molar-refractivity contribution in [2.45, 2.75) is 46.1 Å². The summed E-state index contributed by atoms with van der Waals surface area (Å²) in [6, 6.07) is 14.7. The zero-order valence-electron chi connectivity index (χ0n) is 17.0. The van der Waals surface area contributed by atoms with Crippen LogP contribution in [0.1, 0.15) is 42.9 Å². The highest BCUT2D eigenvalue weighted by atomic mass is 16.2. The van der Waals surface area contributed by atoms with E-state index in [9.17, 15) is 9.59 Å². The molecular weight excluding hydrogens is 364 g/mol. The normalized spacial score (nSPS) is 11.6. The number of fused-ring (bicyclic) bond motifs is 2. The van der Waals surface area contributed by atoms with Crippen molar-refractivity contribution in [3.05, 3.63) is 80.0 Å². The van der Waals surface area contributed by atoms with E-state index in [1.165, 1.54) is 11.1 Å². The van der Waals surface area contributed by atoms with E-state index in [0.717, 1.165) is 29.4 Å². The first-order valence-electron chi connectivity index (χ1n) is 9.98. The van der Waals surface area contributed by atoms with Gasteiger partial charge in [-0.05, 0) is 48.9 Å². The summed E-state index contributed by atoms with van der Waals surface area (Å²) in [4.78, 5) is 33.9. The number of aromatic nitrogens is 4. The number of aromatic amines is 2. The van der Waals surface area contributed by atoms with Gasteiger partial charge in [0, 0.05) is 0 Å². The first-order chi connectivity index (χ1) is 13.9. The van der Waals surface area contributed by atoms with Gasteiger partial charge in [0.1, 0.15) is 5.52 Å². The Morgan fingerprint density at radius 2 is 1.79 bits per heavy atom. The van der Waals surface area contributed by atoms with Crippen molar-refractivity contribution in [2.24, 2.45) is 0 Å². The van der Waals surface area contributed by atoms with Gasteiger partial charge in [-0.15, -0.1) is 0 Å². The zero-order chi connectivity index (χ0) is 20.5. The molecule has 2 N–H and O–H groups in total. The minimum atomic E-state index is -0.519. The Kier molecular flexibility index (Phi) is 5.01. The van der Waals surface area contributed by atoms with Crippen LogP contribution in [0.2, 0.25) is 0 Å².